The molecule has 2 atom stereocenters. The molecule has 2 amide bonds. The van der Waals surface area contributed by atoms with E-state index in [1.165, 1.54) is 6.33 Å². The van der Waals surface area contributed by atoms with Gasteiger partial charge < -0.3 is 20.5 Å². The molecule has 0 unspecified atom stereocenters. The number of aryl methyl sites for hydroxylation is 1. The molecule has 1 fully saturated rings. The molecule has 1 saturated heterocycles. The second kappa shape index (κ2) is 6.26. The molecular formula is C14H23N5O2. The summed E-state index contributed by atoms with van der Waals surface area (Å²) in [6, 6.07) is -0.652. The minimum absolute atomic E-state index is 0.0329. The lowest BCUT2D eigenvalue weighted by atomic mass is 10.1. The van der Waals surface area contributed by atoms with Crippen LogP contribution in [0.25, 0.3) is 0 Å². The van der Waals surface area contributed by atoms with Crippen molar-refractivity contribution < 1.29 is 9.59 Å². The number of H-pyrrole nitrogens is 1. The lowest BCUT2D eigenvalue weighted by Crippen LogP contribution is -2.48. The van der Waals surface area contributed by atoms with Crippen molar-refractivity contribution >= 4 is 11.8 Å². The van der Waals surface area contributed by atoms with Gasteiger partial charge in [0.05, 0.1) is 6.33 Å². The van der Waals surface area contributed by atoms with Crippen LogP contribution in [0.15, 0.2) is 6.33 Å². The summed E-state index contributed by atoms with van der Waals surface area (Å²) in [5.74, 6) is -0.262. The molecule has 0 saturated carbocycles. The molecule has 2 rings (SSSR count). The summed E-state index contributed by atoms with van der Waals surface area (Å²) in [7, 11) is 0. The molecule has 1 aliphatic rings. The smallest absolute Gasteiger partial charge is 0.275 e. The fourth-order valence-electron chi connectivity index (χ4n) is 2.78. The van der Waals surface area contributed by atoms with Crippen LogP contribution in [-0.2, 0) is 4.79 Å². The molecule has 2 heterocycles. The van der Waals surface area contributed by atoms with Crippen LogP contribution in [0.2, 0.25) is 0 Å². The number of nitrogens with zero attached hydrogens (tertiary/aromatic N) is 3. The molecule has 116 valence electrons. The maximum absolute atomic E-state index is 12.6. The van der Waals surface area contributed by atoms with E-state index in [1.807, 2.05) is 13.8 Å². The maximum atomic E-state index is 12.6. The SMILES string of the molecule is CCN(CC)C(=O)[C@@H]1C[C@@H](N)CN1C(=O)c1nc[nH]c1C. The molecule has 0 spiro atoms. The Morgan fingerprint density at radius 3 is 2.67 bits per heavy atom. The number of hydrogen-bond donors (Lipinski definition) is 2. The van der Waals surface area contributed by atoms with Crippen LogP contribution >= 0.6 is 0 Å². The van der Waals surface area contributed by atoms with Gasteiger partial charge in [0.25, 0.3) is 5.91 Å². The van der Waals surface area contributed by atoms with Crippen LogP contribution in [-0.4, -0.2) is 63.3 Å². The van der Waals surface area contributed by atoms with Crippen molar-refractivity contribution in [3.63, 3.8) is 0 Å². The molecule has 1 aliphatic heterocycles. The van der Waals surface area contributed by atoms with Crippen molar-refractivity contribution in [3.05, 3.63) is 17.7 Å². The minimum Gasteiger partial charge on any atom is -0.348 e. The zero-order valence-electron chi connectivity index (χ0n) is 12.8. The van der Waals surface area contributed by atoms with E-state index in [-0.39, 0.29) is 17.9 Å². The summed E-state index contributed by atoms with van der Waals surface area (Å²) < 4.78 is 0. The van der Waals surface area contributed by atoms with E-state index in [0.29, 0.717) is 37.4 Å². The number of likely N-dealkylation sites (N-methyl/N-ethyl adjacent to an activating group) is 1. The third-order valence-corrected chi connectivity index (χ3v) is 3.99. The average molecular weight is 293 g/mol. The number of hydrogen-bond acceptors (Lipinski definition) is 4. The third-order valence-electron chi connectivity index (χ3n) is 3.99. The predicted molar refractivity (Wildman–Crippen MR) is 78.7 cm³/mol. The largest absolute Gasteiger partial charge is 0.348 e. The number of aromatic nitrogens is 2. The Balaban J connectivity index is 2.23. The summed E-state index contributed by atoms with van der Waals surface area (Å²) in [4.78, 5) is 35.4. The number of rotatable bonds is 4. The van der Waals surface area contributed by atoms with Gasteiger partial charge in [0.2, 0.25) is 5.91 Å². The number of aromatic amines is 1. The molecule has 1 aromatic rings. The first-order chi connectivity index (χ1) is 9.99. The number of carbonyl (C=O) groups is 2. The molecule has 3 N–H and O–H groups in total. The first kappa shape index (κ1) is 15.5. The van der Waals surface area contributed by atoms with Gasteiger partial charge in [-0.15, -0.1) is 0 Å². The van der Waals surface area contributed by atoms with E-state index in [4.69, 9.17) is 5.73 Å². The Morgan fingerprint density at radius 1 is 1.48 bits per heavy atom. The molecule has 0 aromatic carbocycles. The van der Waals surface area contributed by atoms with E-state index < -0.39 is 6.04 Å². The minimum atomic E-state index is -0.483. The van der Waals surface area contributed by atoms with Crippen LogP contribution in [0.4, 0.5) is 0 Å². The van der Waals surface area contributed by atoms with Crippen LogP contribution in [0, 0.1) is 6.92 Å². The highest BCUT2D eigenvalue weighted by Gasteiger charge is 2.40. The number of imidazole rings is 1. The highest BCUT2D eigenvalue weighted by atomic mass is 16.2. The van der Waals surface area contributed by atoms with Crippen molar-refractivity contribution in [2.75, 3.05) is 19.6 Å². The van der Waals surface area contributed by atoms with Gasteiger partial charge in [-0.3, -0.25) is 9.59 Å². The van der Waals surface area contributed by atoms with Crippen LogP contribution in [0.3, 0.4) is 0 Å². The first-order valence-corrected chi connectivity index (χ1v) is 7.34. The molecule has 0 bridgehead atoms. The van der Waals surface area contributed by atoms with Crippen LogP contribution < -0.4 is 5.73 Å². The van der Waals surface area contributed by atoms with Gasteiger partial charge in [-0.2, -0.15) is 0 Å². The van der Waals surface area contributed by atoms with Gasteiger partial charge >= 0.3 is 0 Å². The van der Waals surface area contributed by atoms with E-state index in [1.54, 1.807) is 16.7 Å². The van der Waals surface area contributed by atoms with Gasteiger partial charge in [0.15, 0.2) is 0 Å². The summed E-state index contributed by atoms with van der Waals surface area (Å²) in [5.41, 5.74) is 7.04. The Hall–Kier alpha value is -1.89. The molecule has 1 aromatic heterocycles. The highest BCUT2D eigenvalue weighted by molar-refractivity contribution is 5.97. The molecule has 7 nitrogen and oxygen atoms in total. The molecular weight excluding hydrogens is 270 g/mol. The first-order valence-electron chi connectivity index (χ1n) is 7.34. The molecule has 7 heteroatoms. The van der Waals surface area contributed by atoms with E-state index in [9.17, 15) is 9.59 Å². The summed E-state index contributed by atoms with van der Waals surface area (Å²) in [6.45, 7) is 7.30. The average Bonchev–Trinajstić information content (AvgIpc) is 3.05. The number of amides is 2. The van der Waals surface area contributed by atoms with Gasteiger partial charge in [0.1, 0.15) is 11.7 Å². The number of carbonyl (C=O) groups excluding carboxylic acids is 2. The van der Waals surface area contributed by atoms with Crippen LogP contribution in [0.1, 0.15) is 36.5 Å². The lowest BCUT2D eigenvalue weighted by Gasteiger charge is -2.28. The zero-order chi connectivity index (χ0) is 15.6. The van der Waals surface area contributed by atoms with Crippen LogP contribution in [0.5, 0.6) is 0 Å². The van der Waals surface area contributed by atoms with E-state index in [2.05, 4.69) is 9.97 Å². The topological polar surface area (TPSA) is 95.3 Å². The van der Waals surface area contributed by atoms with Gasteiger partial charge in [0, 0.05) is 31.4 Å². The summed E-state index contributed by atoms with van der Waals surface area (Å²) in [5, 5.41) is 0. The predicted octanol–water partition coefficient (Wildman–Crippen LogP) is 0.128. The molecule has 0 radical (unpaired) electrons. The number of nitrogens with two attached hydrogens (primary N) is 1. The normalized spacial score (nSPS) is 21.6. The van der Waals surface area contributed by atoms with E-state index >= 15 is 0 Å². The zero-order valence-corrected chi connectivity index (χ0v) is 12.8. The van der Waals surface area contributed by atoms with Crippen molar-refractivity contribution in [3.8, 4) is 0 Å². The Kier molecular flexibility index (Phi) is 4.62. The quantitative estimate of drug-likeness (QED) is 0.824. The second-order valence-electron chi connectivity index (χ2n) is 5.36. The summed E-state index contributed by atoms with van der Waals surface area (Å²) in [6.07, 6.45) is 1.99. The van der Waals surface area contributed by atoms with Gasteiger partial charge in [-0.25, -0.2) is 4.98 Å². The van der Waals surface area contributed by atoms with Crippen molar-refractivity contribution in [2.45, 2.75) is 39.3 Å². The molecule has 21 heavy (non-hydrogen) atoms. The Morgan fingerprint density at radius 2 is 2.14 bits per heavy atom. The third kappa shape index (κ3) is 2.92. The monoisotopic (exact) mass is 293 g/mol. The van der Waals surface area contributed by atoms with Crippen molar-refractivity contribution in [2.24, 2.45) is 5.73 Å². The Bertz CT molecular complexity index is 523. The Labute approximate surface area is 124 Å². The number of nitrogens with one attached hydrogen (secondary N) is 1. The number of likely N-dealkylation sites (tertiary alicyclic amines) is 1. The highest BCUT2D eigenvalue weighted by Crippen LogP contribution is 2.21. The van der Waals surface area contributed by atoms with Gasteiger partial charge in [-0.05, 0) is 27.2 Å². The van der Waals surface area contributed by atoms with Crippen molar-refractivity contribution in [1.29, 1.82) is 0 Å². The fraction of sp³-hybridized carbons (Fsp3) is 0.643. The second-order valence-corrected chi connectivity index (χ2v) is 5.36. The lowest BCUT2D eigenvalue weighted by molar-refractivity contribution is -0.134. The maximum Gasteiger partial charge on any atom is 0.275 e. The summed E-state index contributed by atoms with van der Waals surface area (Å²) >= 11 is 0. The van der Waals surface area contributed by atoms with Gasteiger partial charge in [-0.1, -0.05) is 0 Å². The van der Waals surface area contributed by atoms with E-state index in [0.717, 1.165) is 0 Å². The molecule has 0 aliphatic carbocycles. The fourth-order valence-corrected chi connectivity index (χ4v) is 2.78. The standard InChI is InChI=1S/C14H23N5O2/c1-4-18(5-2)13(20)11-6-10(15)7-19(11)14(21)12-9(3)16-8-17-12/h8,10-11H,4-7,15H2,1-3H3,(H,16,17)/t10-,11+/m1/s1. The van der Waals surface area contributed by atoms with Crippen molar-refractivity contribution in [1.82, 2.24) is 19.8 Å².